The van der Waals surface area contributed by atoms with Crippen molar-refractivity contribution in [1.82, 2.24) is 0 Å². The van der Waals surface area contributed by atoms with Crippen LogP contribution in [0.1, 0.15) is 20.8 Å². The molecule has 0 saturated carbocycles. The summed E-state index contributed by atoms with van der Waals surface area (Å²) < 4.78 is 0. The van der Waals surface area contributed by atoms with Crippen molar-refractivity contribution in [2.24, 2.45) is 0 Å². The van der Waals surface area contributed by atoms with Crippen LogP contribution >= 0.6 is 11.6 Å². The first-order valence-electron chi connectivity index (χ1n) is 2.45. The Kier molecular flexibility index (Phi) is 3.10. The molecule has 0 saturated heterocycles. The average molecular weight is 119 g/mol. The van der Waals surface area contributed by atoms with Gasteiger partial charge in [0.25, 0.3) is 0 Å². The van der Waals surface area contributed by atoms with Crippen molar-refractivity contribution in [3.05, 3.63) is 11.6 Å². The maximum Gasteiger partial charge on any atom is 0.0514 e. The molecule has 0 radical (unpaired) electrons. The van der Waals surface area contributed by atoms with Crippen LogP contribution in [0, 0.1) is 0 Å². The van der Waals surface area contributed by atoms with E-state index in [4.69, 9.17) is 11.6 Å². The van der Waals surface area contributed by atoms with Crippen LogP contribution < -0.4 is 0 Å². The predicted molar refractivity (Wildman–Crippen MR) is 34.7 cm³/mol. The molecule has 1 atom stereocenters. The Morgan fingerprint density at radius 1 is 1.71 bits per heavy atom. The molecule has 0 aliphatic carbocycles. The first-order valence-corrected chi connectivity index (χ1v) is 2.89. The summed E-state index contributed by atoms with van der Waals surface area (Å²) in [6, 6.07) is 0. The second-order valence-electron chi connectivity index (χ2n) is 1.65. The van der Waals surface area contributed by atoms with Crippen LogP contribution in [0.5, 0.6) is 0 Å². The van der Waals surface area contributed by atoms with Gasteiger partial charge in [0.1, 0.15) is 0 Å². The van der Waals surface area contributed by atoms with Crippen LogP contribution in [0.4, 0.5) is 0 Å². The minimum absolute atomic E-state index is 0.199. The standard InChI is InChI=1S/C6H11Cl/c1-4-5(2)6(3)7/h4,6H,1-3H3/b5-4+. The quantitative estimate of drug-likeness (QED) is 0.367. The van der Waals surface area contributed by atoms with E-state index in [9.17, 15) is 0 Å². The molecule has 0 aliphatic rings. The van der Waals surface area contributed by atoms with Gasteiger partial charge in [-0.25, -0.2) is 0 Å². The number of rotatable bonds is 1. The largest absolute Gasteiger partial charge is 0.119 e. The summed E-state index contributed by atoms with van der Waals surface area (Å²) in [5, 5.41) is 0.199. The van der Waals surface area contributed by atoms with Gasteiger partial charge in [-0.15, -0.1) is 11.6 Å². The third-order valence-electron chi connectivity index (χ3n) is 1.08. The van der Waals surface area contributed by atoms with E-state index >= 15 is 0 Å². The smallest absolute Gasteiger partial charge is 0.0514 e. The van der Waals surface area contributed by atoms with Crippen molar-refractivity contribution < 1.29 is 0 Å². The molecule has 0 nitrogen and oxygen atoms in total. The molecule has 0 spiro atoms. The lowest BCUT2D eigenvalue weighted by molar-refractivity contribution is 1.10. The fourth-order valence-electron chi connectivity index (χ4n) is 0.230. The molecule has 0 N–H and O–H groups in total. The molecule has 1 heteroatoms. The van der Waals surface area contributed by atoms with E-state index in [1.807, 2.05) is 26.8 Å². The molecule has 0 aromatic rings. The lowest BCUT2D eigenvalue weighted by Gasteiger charge is -1.97. The zero-order valence-corrected chi connectivity index (χ0v) is 5.79. The van der Waals surface area contributed by atoms with Gasteiger partial charge in [-0.2, -0.15) is 0 Å². The van der Waals surface area contributed by atoms with Gasteiger partial charge in [0.15, 0.2) is 0 Å². The van der Waals surface area contributed by atoms with E-state index in [0.717, 1.165) is 0 Å². The first-order chi connectivity index (χ1) is 3.18. The van der Waals surface area contributed by atoms with E-state index in [-0.39, 0.29) is 5.38 Å². The van der Waals surface area contributed by atoms with E-state index in [1.54, 1.807) is 0 Å². The molecule has 0 aliphatic heterocycles. The first kappa shape index (κ1) is 7.03. The highest BCUT2D eigenvalue weighted by molar-refractivity contribution is 6.22. The Bertz CT molecular complexity index is 72.2. The lowest BCUT2D eigenvalue weighted by Crippen LogP contribution is -1.89. The highest BCUT2D eigenvalue weighted by atomic mass is 35.5. The van der Waals surface area contributed by atoms with Gasteiger partial charge < -0.3 is 0 Å². The molecule has 0 bridgehead atoms. The normalized spacial score (nSPS) is 16.9. The van der Waals surface area contributed by atoms with Crippen molar-refractivity contribution in [2.45, 2.75) is 26.1 Å². The van der Waals surface area contributed by atoms with Gasteiger partial charge in [-0.05, 0) is 20.8 Å². The summed E-state index contributed by atoms with van der Waals surface area (Å²) in [4.78, 5) is 0. The van der Waals surface area contributed by atoms with Crippen LogP contribution in [0.25, 0.3) is 0 Å². The maximum atomic E-state index is 5.66. The van der Waals surface area contributed by atoms with Crippen molar-refractivity contribution in [3.63, 3.8) is 0 Å². The van der Waals surface area contributed by atoms with Crippen molar-refractivity contribution in [1.29, 1.82) is 0 Å². The molecule has 0 rings (SSSR count). The topological polar surface area (TPSA) is 0 Å². The van der Waals surface area contributed by atoms with Gasteiger partial charge in [0, 0.05) is 0 Å². The monoisotopic (exact) mass is 118 g/mol. The fourth-order valence-corrected chi connectivity index (χ4v) is 0.356. The third-order valence-corrected chi connectivity index (χ3v) is 1.43. The minimum Gasteiger partial charge on any atom is -0.119 e. The Morgan fingerprint density at radius 2 is 2.14 bits per heavy atom. The van der Waals surface area contributed by atoms with E-state index < -0.39 is 0 Å². The van der Waals surface area contributed by atoms with Crippen molar-refractivity contribution in [3.8, 4) is 0 Å². The number of hydrogen-bond acceptors (Lipinski definition) is 0. The van der Waals surface area contributed by atoms with E-state index in [2.05, 4.69) is 0 Å². The van der Waals surface area contributed by atoms with E-state index in [0.29, 0.717) is 0 Å². The number of hydrogen-bond donors (Lipinski definition) is 0. The molecule has 7 heavy (non-hydrogen) atoms. The second kappa shape index (κ2) is 3.09. The third kappa shape index (κ3) is 2.69. The summed E-state index contributed by atoms with van der Waals surface area (Å²) in [6.07, 6.45) is 2.03. The van der Waals surface area contributed by atoms with Gasteiger partial charge in [0.05, 0.1) is 5.38 Å². The summed E-state index contributed by atoms with van der Waals surface area (Å²) >= 11 is 5.66. The molecule has 42 valence electrons. The predicted octanol–water partition coefficient (Wildman–Crippen LogP) is 2.58. The maximum absolute atomic E-state index is 5.66. The molecule has 0 aromatic carbocycles. The summed E-state index contributed by atoms with van der Waals surface area (Å²) in [7, 11) is 0. The molecule has 0 aromatic heterocycles. The van der Waals surface area contributed by atoms with Crippen LogP contribution in [0.2, 0.25) is 0 Å². The molecular weight excluding hydrogens is 108 g/mol. The molecular formula is C6H11Cl. The fraction of sp³-hybridized carbons (Fsp3) is 0.667. The van der Waals surface area contributed by atoms with Gasteiger partial charge in [-0.3, -0.25) is 0 Å². The van der Waals surface area contributed by atoms with E-state index in [1.165, 1.54) is 5.57 Å². The summed E-state index contributed by atoms with van der Waals surface area (Å²) in [6.45, 7) is 5.99. The summed E-state index contributed by atoms with van der Waals surface area (Å²) in [5.41, 5.74) is 1.24. The Hall–Kier alpha value is 0.0300. The van der Waals surface area contributed by atoms with Crippen molar-refractivity contribution in [2.75, 3.05) is 0 Å². The zero-order chi connectivity index (χ0) is 5.86. The lowest BCUT2D eigenvalue weighted by atomic mass is 10.2. The molecule has 0 heterocycles. The van der Waals surface area contributed by atoms with Crippen LogP contribution in [0.3, 0.4) is 0 Å². The van der Waals surface area contributed by atoms with Gasteiger partial charge in [0.2, 0.25) is 0 Å². The summed E-state index contributed by atoms with van der Waals surface area (Å²) in [5.74, 6) is 0. The average Bonchev–Trinajstić information content (AvgIpc) is 1.65. The number of halogens is 1. The molecule has 1 unspecified atom stereocenters. The zero-order valence-electron chi connectivity index (χ0n) is 5.03. The highest BCUT2D eigenvalue weighted by Gasteiger charge is 1.93. The SMILES string of the molecule is C/C=C(\C)C(C)Cl. The van der Waals surface area contributed by atoms with Crippen LogP contribution in [0.15, 0.2) is 11.6 Å². The minimum atomic E-state index is 0.199. The Balaban J connectivity index is 3.56. The van der Waals surface area contributed by atoms with Crippen LogP contribution in [-0.4, -0.2) is 5.38 Å². The number of alkyl halides is 1. The molecule has 0 fully saturated rings. The van der Waals surface area contributed by atoms with Crippen LogP contribution in [-0.2, 0) is 0 Å². The second-order valence-corrected chi connectivity index (χ2v) is 2.30. The van der Waals surface area contributed by atoms with Gasteiger partial charge >= 0.3 is 0 Å². The van der Waals surface area contributed by atoms with Gasteiger partial charge in [-0.1, -0.05) is 11.6 Å². The van der Waals surface area contributed by atoms with Crippen molar-refractivity contribution >= 4 is 11.6 Å². The Morgan fingerprint density at radius 3 is 2.14 bits per heavy atom. The number of allylic oxidation sites excluding steroid dienone is 2. The Labute approximate surface area is 50.2 Å². The highest BCUT2D eigenvalue weighted by Crippen LogP contribution is 2.05. The molecule has 0 amide bonds.